The van der Waals surface area contributed by atoms with Crippen LogP contribution < -0.4 is 10.5 Å². The molecule has 1 saturated heterocycles. The van der Waals surface area contributed by atoms with Crippen LogP contribution in [0.25, 0.3) is 0 Å². The summed E-state index contributed by atoms with van der Waals surface area (Å²) in [6, 6.07) is -0.175. The highest BCUT2D eigenvalue weighted by atomic mass is 32.2. The zero-order chi connectivity index (χ0) is 13.2. The maximum atomic E-state index is 12.2. The number of H-pyrrole nitrogens is 1. The molecule has 4 N–H and O–H groups in total. The number of hydrogen-bond acceptors (Lipinski definition) is 5. The molecule has 1 fully saturated rings. The fraction of sp³-hybridized carbons (Fsp3) is 0.700. The van der Waals surface area contributed by atoms with Crippen LogP contribution in [0.4, 0.5) is 0 Å². The van der Waals surface area contributed by atoms with Crippen LogP contribution in [0.2, 0.25) is 0 Å². The first-order valence-electron chi connectivity index (χ1n) is 5.87. The Morgan fingerprint density at radius 2 is 2.50 bits per heavy atom. The summed E-state index contributed by atoms with van der Waals surface area (Å²) >= 11 is 0. The maximum Gasteiger partial charge on any atom is 0.258 e. The van der Waals surface area contributed by atoms with E-state index < -0.39 is 10.0 Å². The Morgan fingerprint density at radius 1 is 1.72 bits per heavy atom. The lowest BCUT2D eigenvalue weighted by Gasteiger charge is -2.18. The van der Waals surface area contributed by atoms with Crippen LogP contribution in [-0.2, 0) is 21.3 Å². The largest absolute Gasteiger partial charge is 0.381 e. The van der Waals surface area contributed by atoms with Gasteiger partial charge in [-0.25, -0.2) is 13.1 Å². The van der Waals surface area contributed by atoms with E-state index in [0.717, 1.165) is 6.42 Å². The molecule has 8 heteroatoms. The van der Waals surface area contributed by atoms with Crippen molar-refractivity contribution in [1.82, 2.24) is 14.9 Å². The molecule has 1 aromatic heterocycles. The molecular weight excluding hydrogens is 256 g/mol. The van der Waals surface area contributed by atoms with Gasteiger partial charge in [-0.15, -0.1) is 0 Å². The van der Waals surface area contributed by atoms with Crippen LogP contribution in [0.3, 0.4) is 0 Å². The van der Waals surface area contributed by atoms with Crippen molar-refractivity contribution in [2.24, 2.45) is 11.7 Å². The lowest BCUT2D eigenvalue weighted by Crippen LogP contribution is -2.38. The quantitative estimate of drug-likeness (QED) is 0.675. The average molecular weight is 274 g/mol. The van der Waals surface area contributed by atoms with E-state index in [0.29, 0.717) is 18.8 Å². The second-order valence-corrected chi connectivity index (χ2v) is 6.11. The molecule has 2 atom stereocenters. The molecule has 1 aromatic rings. The molecule has 7 nitrogen and oxygen atoms in total. The van der Waals surface area contributed by atoms with Gasteiger partial charge in [-0.1, -0.05) is 0 Å². The average Bonchev–Trinajstić information content (AvgIpc) is 2.99. The normalized spacial score (nSPS) is 22.2. The molecule has 0 saturated carbocycles. The minimum absolute atomic E-state index is 0.0516. The zero-order valence-corrected chi connectivity index (χ0v) is 11.0. The number of nitrogens with one attached hydrogen (secondary N) is 2. The van der Waals surface area contributed by atoms with E-state index in [4.69, 9.17) is 10.5 Å². The van der Waals surface area contributed by atoms with Crippen molar-refractivity contribution < 1.29 is 13.2 Å². The molecule has 0 spiro atoms. The Bertz CT molecular complexity index is 493. The molecule has 102 valence electrons. The van der Waals surface area contributed by atoms with Gasteiger partial charge in [0.2, 0.25) is 0 Å². The third kappa shape index (κ3) is 2.72. The summed E-state index contributed by atoms with van der Waals surface area (Å²) < 4.78 is 32.2. The summed E-state index contributed by atoms with van der Waals surface area (Å²) in [6.45, 7) is 3.26. The molecule has 2 unspecified atom stereocenters. The molecule has 1 aliphatic heterocycles. The van der Waals surface area contributed by atoms with Gasteiger partial charge in [-0.2, -0.15) is 5.10 Å². The van der Waals surface area contributed by atoms with Crippen LogP contribution in [-0.4, -0.2) is 37.9 Å². The number of aromatic amines is 1. The van der Waals surface area contributed by atoms with E-state index in [1.54, 1.807) is 0 Å². The number of nitrogens with two attached hydrogens (primary N) is 1. The van der Waals surface area contributed by atoms with E-state index in [9.17, 15) is 8.42 Å². The molecular formula is C10H18N4O3S. The van der Waals surface area contributed by atoms with Crippen LogP contribution >= 0.6 is 0 Å². The number of hydrogen-bond donors (Lipinski definition) is 3. The molecule has 0 bridgehead atoms. The maximum absolute atomic E-state index is 12.2. The second-order valence-electron chi connectivity index (χ2n) is 4.46. The summed E-state index contributed by atoms with van der Waals surface area (Å²) in [5.74, 6) is 0.212. The SMILES string of the molecule is CC(NS(=O)(=O)c1[nH]ncc1CN)C1CCOC1. The summed E-state index contributed by atoms with van der Waals surface area (Å²) in [5, 5.41) is 6.25. The van der Waals surface area contributed by atoms with E-state index in [1.807, 2.05) is 6.92 Å². The Balaban J connectivity index is 2.11. The van der Waals surface area contributed by atoms with Crippen molar-refractivity contribution in [2.45, 2.75) is 31.0 Å². The molecule has 2 heterocycles. The predicted octanol–water partition coefficient (Wildman–Crippen LogP) is -0.428. The second kappa shape index (κ2) is 5.35. The summed E-state index contributed by atoms with van der Waals surface area (Å²) in [5.41, 5.74) is 5.96. The van der Waals surface area contributed by atoms with Gasteiger partial charge in [-0.05, 0) is 13.3 Å². The molecule has 0 aromatic carbocycles. The van der Waals surface area contributed by atoms with Gasteiger partial charge >= 0.3 is 0 Å². The smallest absolute Gasteiger partial charge is 0.258 e. The first-order valence-corrected chi connectivity index (χ1v) is 7.35. The van der Waals surface area contributed by atoms with Gasteiger partial charge in [0.15, 0.2) is 5.03 Å². The number of rotatable bonds is 5. The summed E-state index contributed by atoms with van der Waals surface area (Å²) in [6.07, 6.45) is 2.30. The van der Waals surface area contributed by atoms with E-state index in [1.165, 1.54) is 6.20 Å². The number of ether oxygens (including phenoxy) is 1. The van der Waals surface area contributed by atoms with Gasteiger partial charge < -0.3 is 10.5 Å². The number of nitrogens with zero attached hydrogens (tertiary/aromatic N) is 1. The standard InChI is InChI=1S/C10H18N4O3S/c1-7(8-2-3-17-6-8)14-18(15,16)10-9(4-11)5-12-13-10/h5,7-8,14H,2-4,6,11H2,1H3,(H,12,13). The van der Waals surface area contributed by atoms with Crippen molar-refractivity contribution in [3.05, 3.63) is 11.8 Å². The molecule has 0 radical (unpaired) electrons. The van der Waals surface area contributed by atoms with Gasteiger partial charge in [0.1, 0.15) is 0 Å². The minimum atomic E-state index is -3.60. The fourth-order valence-electron chi connectivity index (χ4n) is 2.02. The Morgan fingerprint density at radius 3 is 3.11 bits per heavy atom. The Labute approximate surface area is 106 Å². The van der Waals surface area contributed by atoms with Gasteiger partial charge in [0.05, 0.1) is 12.8 Å². The van der Waals surface area contributed by atoms with E-state index in [-0.39, 0.29) is 23.5 Å². The first-order chi connectivity index (χ1) is 8.54. The summed E-state index contributed by atoms with van der Waals surface area (Å²) in [4.78, 5) is 0. The van der Waals surface area contributed by atoms with Crippen LogP contribution in [0.15, 0.2) is 11.2 Å². The van der Waals surface area contributed by atoms with Crippen molar-refractivity contribution in [3.63, 3.8) is 0 Å². The highest BCUT2D eigenvalue weighted by molar-refractivity contribution is 7.89. The predicted molar refractivity (Wildman–Crippen MR) is 65.2 cm³/mol. The zero-order valence-electron chi connectivity index (χ0n) is 10.2. The van der Waals surface area contributed by atoms with Crippen molar-refractivity contribution in [1.29, 1.82) is 0 Å². The van der Waals surface area contributed by atoms with Crippen molar-refractivity contribution >= 4 is 10.0 Å². The van der Waals surface area contributed by atoms with Crippen LogP contribution in [0.1, 0.15) is 18.9 Å². The molecule has 18 heavy (non-hydrogen) atoms. The summed E-state index contributed by atoms with van der Waals surface area (Å²) in [7, 11) is -3.60. The minimum Gasteiger partial charge on any atom is -0.381 e. The molecule has 0 amide bonds. The molecule has 2 rings (SSSR count). The number of sulfonamides is 1. The third-order valence-corrected chi connectivity index (χ3v) is 4.75. The van der Waals surface area contributed by atoms with Crippen molar-refractivity contribution in [3.8, 4) is 0 Å². The highest BCUT2D eigenvalue weighted by Crippen LogP contribution is 2.19. The third-order valence-electron chi connectivity index (χ3n) is 3.18. The van der Waals surface area contributed by atoms with Crippen LogP contribution in [0, 0.1) is 5.92 Å². The highest BCUT2D eigenvalue weighted by Gasteiger charge is 2.28. The number of aromatic nitrogens is 2. The molecule has 1 aliphatic rings. The van der Waals surface area contributed by atoms with E-state index in [2.05, 4.69) is 14.9 Å². The van der Waals surface area contributed by atoms with Gasteiger partial charge in [-0.3, -0.25) is 5.10 Å². The fourth-order valence-corrected chi connectivity index (χ4v) is 3.48. The topological polar surface area (TPSA) is 110 Å². The Hall–Kier alpha value is -0.960. The lowest BCUT2D eigenvalue weighted by atomic mass is 10.0. The Kier molecular flexibility index (Phi) is 4.00. The van der Waals surface area contributed by atoms with Gasteiger partial charge in [0.25, 0.3) is 10.0 Å². The van der Waals surface area contributed by atoms with Crippen molar-refractivity contribution in [2.75, 3.05) is 13.2 Å². The van der Waals surface area contributed by atoms with Crippen LogP contribution in [0.5, 0.6) is 0 Å². The molecule has 0 aliphatic carbocycles. The lowest BCUT2D eigenvalue weighted by molar-refractivity contribution is 0.180. The van der Waals surface area contributed by atoms with Gasteiger partial charge in [0, 0.05) is 30.7 Å². The van der Waals surface area contributed by atoms with E-state index >= 15 is 0 Å². The first kappa shape index (κ1) is 13.5. The monoisotopic (exact) mass is 274 g/mol.